The molecule has 0 amide bonds. The predicted molar refractivity (Wildman–Crippen MR) is 80.2 cm³/mol. The number of piperidine rings is 1. The smallest absolute Gasteiger partial charge is 0.314 e. The molecule has 0 saturated carbocycles. The van der Waals surface area contributed by atoms with Crippen LogP contribution >= 0.6 is 23.2 Å². The van der Waals surface area contributed by atoms with Gasteiger partial charge in [0.15, 0.2) is 0 Å². The maximum absolute atomic E-state index is 11.8. The number of hydrogen-bond donors (Lipinski definition) is 1. The van der Waals surface area contributed by atoms with Gasteiger partial charge in [0.1, 0.15) is 12.5 Å². The van der Waals surface area contributed by atoms with Crippen LogP contribution in [-0.2, 0) is 16.1 Å². The van der Waals surface area contributed by atoms with E-state index >= 15 is 0 Å². The second kappa shape index (κ2) is 7.30. The van der Waals surface area contributed by atoms with E-state index in [1.54, 1.807) is 6.07 Å². The summed E-state index contributed by atoms with van der Waals surface area (Å²) in [6.45, 7) is 4.96. The summed E-state index contributed by atoms with van der Waals surface area (Å²) in [5.74, 6) is -0.0569. The Bertz CT molecular complexity index is 479. The minimum Gasteiger partial charge on any atom is -0.466 e. The van der Waals surface area contributed by atoms with Gasteiger partial charge in [-0.2, -0.15) is 0 Å². The first kappa shape index (κ1) is 15.6. The van der Waals surface area contributed by atoms with Crippen molar-refractivity contribution in [1.82, 2.24) is 0 Å². The Morgan fingerprint density at radius 2 is 2.25 bits per heavy atom. The van der Waals surface area contributed by atoms with Crippen LogP contribution in [0.3, 0.4) is 0 Å². The Morgan fingerprint density at radius 3 is 3.00 bits per heavy atom. The molecule has 1 aromatic carbocycles. The summed E-state index contributed by atoms with van der Waals surface area (Å²) in [6, 6.07) is 5.70. The summed E-state index contributed by atoms with van der Waals surface area (Å²) in [5, 5.41) is 1.21. The van der Waals surface area contributed by atoms with Crippen LogP contribution in [0.4, 0.5) is 0 Å². The molecule has 0 aromatic heterocycles. The molecule has 1 unspecified atom stereocenters. The van der Waals surface area contributed by atoms with Crippen LogP contribution in [0.1, 0.15) is 25.3 Å². The highest BCUT2D eigenvalue weighted by Gasteiger charge is 2.30. The normalized spacial score (nSPS) is 22.6. The zero-order valence-corrected chi connectivity index (χ0v) is 13.1. The molecule has 1 aromatic rings. The third-order valence-corrected chi connectivity index (χ3v) is 4.57. The Hall–Kier alpha value is -0.770. The zero-order valence-electron chi connectivity index (χ0n) is 11.6. The maximum atomic E-state index is 11.8. The summed E-state index contributed by atoms with van der Waals surface area (Å²) in [6.07, 6.45) is 1.96. The molecule has 0 bridgehead atoms. The molecule has 0 aliphatic carbocycles. The number of likely N-dealkylation sites (tertiary alicyclic amines) is 1. The van der Waals surface area contributed by atoms with Crippen LogP contribution in [0, 0.1) is 5.92 Å². The van der Waals surface area contributed by atoms with Gasteiger partial charge in [-0.15, -0.1) is 0 Å². The first-order valence-electron chi connectivity index (χ1n) is 7.05. The molecular formula is C15H20Cl2NO2+. The standard InChI is InChI=1S/C15H19Cl2NO2/c1-2-20-15(19)12-6-4-8-18(10-12)9-11-5-3-7-13(16)14(11)17/h3,5,7,12H,2,4,6,8-10H2,1H3/p+1/t12-/m1/s1. The number of hydrogen-bond acceptors (Lipinski definition) is 2. The summed E-state index contributed by atoms with van der Waals surface area (Å²) in [4.78, 5) is 13.2. The van der Waals surface area contributed by atoms with Gasteiger partial charge in [-0.05, 0) is 25.8 Å². The lowest BCUT2D eigenvalue weighted by molar-refractivity contribution is -0.921. The Labute approximate surface area is 129 Å². The Kier molecular flexibility index (Phi) is 5.70. The topological polar surface area (TPSA) is 30.7 Å². The van der Waals surface area contributed by atoms with E-state index in [0.717, 1.165) is 38.0 Å². The van der Waals surface area contributed by atoms with E-state index in [0.29, 0.717) is 16.7 Å². The number of quaternary nitrogens is 1. The Balaban J connectivity index is 1.99. The minimum atomic E-state index is -0.0677. The van der Waals surface area contributed by atoms with Crippen LogP contribution < -0.4 is 4.90 Å². The van der Waals surface area contributed by atoms with Crippen LogP contribution in [0.5, 0.6) is 0 Å². The lowest BCUT2D eigenvalue weighted by Crippen LogP contribution is -3.12. The molecule has 1 fully saturated rings. The molecule has 1 aliphatic heterocycles. The summed E-state index contributed by atoms with van der Waals surface area (Å²) in [7, 11) is 0. The van der Waals surface area contributed by atoms with Gasteiger partial charge in [0.25, 0.3) is 0 Å². The van der Waals surface area contributed by atoms with Gasteiger partial charge in [0, 0.05) is 5.56 Å². The van der Waals surface area contributed by atoms with Crippen molar-refractivity contribution in [3.05, 3.63) is 33.8 Å². The van der Waals surface area contributed by atoms with Gasteiger partial charge >= 0.3 is 5.97 Å². The molecule has 1 N–H and O–H groups in total. The van der Waals surface area contributed by atoms with E-state index in [1.807, 2.05) is 19.1 Å². The van der Waals surface area contributed by atoms with Crippen LogP contribution in [0.25, 0.3) is 0 Å². The molecule has 2 atom stereocenters. The minimum absolute atomic E-state index is 0.0108. The van der Waals surface area contributed by atoms with Crippen molar-refractivity contribution in [2.45, 2.75) is 26.3 Å². The van der Waals surface area contributed by atoms with Gasteiger partial charge in [-0.1, -0.05) is 35.3 Å². The number of nitrogens with one attached hydrogen (secondary N) is 1. The molecule has 0 spiro atoms. The fourth-order valence-electron chi connectivity index (χ4n) is 2.73. The van der Waals surface area contributed by atoms with Gasteiger partial charge in [0.2, 0.25) is 0 Å². The van der Waals surface area contributed by atoms with E-state index in [9.17, 15) is 4.79 Å². The second-order valence-corrected chi connectivity index (χ2v) is 5.97. The number of benzene rings is 1. The quantitative estimate of drug-likeness (QED) is 0.864. The van der Waals surface area contributed by atoms with Crippen molar-refractivity contribution < 1.29 is 14.4 Å². The molecule has 1 aliphatic rings. The summed E-state index contributed by atoms with van der Waals surface area (Å²) >= 11 is 12.3. The van der Waals surface area contributed by atoms with Gasteiger partial charge in [0.05, 0.1) is 29.7 Å². The predicted octanol–water partition coefficient (Wildman–Crippen LogP) is 2.35. The van der Waals surface area contributed by atoms with E-state index < -0.39 is 0 Å². The first-order valence-corrected chi connectivity index (χ1v) is 7.80. The monoisotopic (exact) mass is 316 g/mol. The van der Waals surface area contributed by atoms with Gasteiger partial charge in [-0.3, -0.25) is 4.79 Å². The number of rotatable bonds is 4. The number of ether oxygens (including phenoxy) is 1. The van der Waals surface area contributed by atoms with Crippen LogP contribution in [0.2, 0.25) is 10.0 Å². The highest BCUT2D eigenvalue weighted by Crippen LogP contribution is 2.25. The number of carbonyl (C=O) groups excluding carboxylic acids is 1. The van der Waals surface area contributed by atoms with Crippen molar-refractivity contribution in [3.63, 3.8) is 0 Å². The summed E-state index contributed by atoms with van der Waals surface area (Å²) in [5.41, 5.74) is 1.04. The first-order chi connectivity index (χ1) is 9.61. The highest BCUT2D eigenvalue weighted by molar-refractivity contribution is 6.42. The SMILES string of the molecule is CCOC(=O)[C@@H]1CCC[NH+](Cc2cccc(Cl)c2Cl)C1. The third kappa shape index (κ3) is 3.87. The fraction of sp³-hybridized carbons (Fsp3) is 0.533. The maximum Gasteiger partial charge on any atom is 0.314 e. The fourth-order valence-corrected chi connectivity index (χ4v) is 3.11. The number of halogens is 2. The molecule has 3 nitrogen and oxygen atoms in total. The molecule has 0 radical (unpaired) electrons. The molecule has 20 heavy (non-hydrogen) atoms. The van der Waals surface area contributed by atoms with Crippen LogP contribution in [-0.4, -0.2) is 25.7 Å². The van der Waals surface area contributed by atoms with E-state index in [-0.39, 0.29) is 11.9 Å². The van der Waals surface area contributed by atoms with Gasteiger partial charge in [-0.25, -0.2) is 0 Å². The molecule has 1 heterocycles. The van der Waals surface area contributed by atoms with Crippen molar-refractivity contribution in [3.8, 4) is 0 Å². The number of esters is 1. The largest absolute Gasteiger partial charge is 0.466 e. The molecule has 110 valence electrons. The van der Waals surface area contributed by atoms with E-state index in [2.05, 4.69) is 0 Å². The van der Waals surface area contributed by atoms with Crippen molar-refractivity contribution >= 4 is 29.2 Å². The molecule has 1 saturated heterocycles. The third-order valence-electron chi connectivity index (χ3n) is 3.71. The van der Waals surface area contributed by atoms with Crippen molar-refractivity contribution in [2.75, 3.05) is 19.7 Å². The summed E-state index contributed by atoms with van der Waals surface area (Å²) < 4.78 is 5.12. The van der Waals surface area contributed by atoms with Crippen molar-refractivity contribution in [1.29, 1.82) is 0 Å². The highest BCUT2D eigenvalue weighted by atomic mass is 35.5. The van der Waals surface area contributed by atoms with E-state index in [4.69, 9.17) is 27.9 Å². The Morgan fingerprint density at radius 1 is 1.45 bits per heavy atom. The molecule has 2 rings (SSSR count). The number of carbonyl (C=O) groups is 1. The van der Waals surface area contributed by atoms with Crippen LogP contribution in [0.15, 0.2) is 18.2 Å². The second-order valence-electron chi connectivity index (χ2n) is 5.19. The average Bonchev–Trinajstić information content (AvgIpc) is 2.44. The zero-order chi connectivity index (χ0) is 14.5. The van der Waals surface area contributed by atoms with Crippen molar-refractivity contribution in [2.24, 2.45) is 5.92 Å². The lowest BCUT2D eigenvalue weighted by atomic mass is 9.97. The molecule has 5 heteroatoms. The lowest BCUT2D eigenvalue weighted by Gasteiger charge is -2.29. The van der Waals surface area contributed by atoms with E-state index in [1.165, 1.54) is 4.90 Å². The average molecular weight is 317 g/mol. The van der Waals surface area contributed by atoms with Gasteiger partial charge < -0.3 is 9.64 Å². The molecular weight excluding hydrogens is 297 g/mol.